The Hall–Kier alpha value is -3.88. The number of methoxy groups -OCH3 is 2. The van der Waals surface area contributed by atoms with Crippen LogP contribution in [0.1, 0.15) is 43.9 Å². The number of hydrogen-bond acceptors (Lipinski definition) is 7. The van der Waals surface area contributed by atoms with Gasteiger partial charge in [0.2, 0.25) is 0 Å². The summed E-state index contributed by atoms with van der Waals surface area (Å²) in [7, 11) is 3.15. The summed E-state index contributed by atoms with van der Waals surface area (Å²) in [5, 5.41) is 2.44. The predicted octanol–water partition coefficient (Wildman–Crippen LogP) is 5.40. The van der Waals surface area contributed by atoms with Crippen LogP contribution in [-0.4, -0.2) is 31.4 Å². The molecule has 2 heterocycles. The molecule has 0 amide bonds. The molecule has 0 N–H and O–H groups in total. The third kappa shape index (κ3) is 4.93. The molecule has 4 aromatic rings. The van der Waals surface area contributed by atoms with Crippen molar-refractivity contribution in [1.82, 2.24) is 4.57 Å². The third-order valence-electron chi connectivity index (χ3n) is 6.80. The van der Waals surface area contributed by atoms with Gasteiger partial charge in [-0.05, 0) is 54.5 Å². The molecule has 1 atom stereocenters. The molecule has 0 unspecified atom stereocenters. The maximum absolute atomic E-state index is 14.2. The Bertz CT molecular complexity index is 1820. The first-order chi connectivity index (χ1) is 19.4. The predicted molar refractivity (Wildman–Crippen MR) is 158 cm³/mol. The fraction of sp³-hybridized carbons (Fsp3) is 0.258. The number of allylic oxidation sites excluding steroid dienone is 1. The molecule has 9 heteroatoms. The molecule has 1 aliphatic rings. The number of carbonyl (C=O) groups is 1. The topological polar surface area (TPSA) is 79.1 Å². The minimum atomic E-state index is -0.831. The molecule has 1 aromatic heterocycles. The number of hydrogen-bond donors (Lipinski definition) is 0. The van der Waals surface area contributed by atoms with Gasteiger partial charge in [-0.15, -0.1) is 0 Å². The highest BCUT2D eigenvalue weighted by atomic mass is 35.5. The standard InChI is InChI=1S/C31H29ClN2O5S/c1-5-9-23-27(30(36)39-6-2)28(22-16-19(32)13-15-25(22)38-4)34-29(35)26(40-31(34)33-23)17-21-20-11-8-7-10-18(20)12-14-24(21)37-3/h7-8,10-17,28H,5-6,9H2,1-4H3/b26-17+/t28-/m1/s1. The molecular formula is C31H29ClN2O5S. The number of rotatable bonds is 8. The van der Waals surface area contributed by atoms with E-state index in [-0.39, 0.29) is 12.2 Å². The molecular weight excluding hydrogens is 548 g/mol. The van der Waals surface area contributed by atoms with Gasteiger partial charge in [-0.2, -0.15) is 0 Å². The fourth-order valence-electron chi connectivity index (χ4n) is 5.07. The lowest BCUT2D eigenvalue weighted by atomic mass is 9.93. The first-order valence-corrected chi connectivity index (χ1v) is 14.2. The van der Waals surface area contributed by atoms with Crippen molar-refractivity contribution >= 4 is 45.8 Å². The summed E-state index contributed by atoms with van der Waals surface area (Å²) in [5.41, 5.74) is 1.98. The van der Waals surface area contributed by atoms with E-state index in [1.165, 1.54) is 11.3 Å². The monoisotopic (exact) mass is 576 g/mol. The number of fused-ring (bicyclic) bond motifs is 2. The van der Waals surface area contributed by atoms with Crippen molar-refractivity contribution in [2.75, 3.05) is 20.8 Å². The van der Waals surface area contributed by atoms with Crippen LogP contribution < -0.4 is 24.4 Å². The van der Waals surface area contributed by atoms with Gasteiger partial charge in [0.05, 0.1) is 36.6 Å². The van der Waals surface area contributed by atoms with Crippen molar-refractivity contribution in [1.29, 1.82) is 0 Å². The summed E-state index contributed by atoms with van der Waals surface area (Å²) in [5.74, 6) is 0.627. The van der Waals surface area contributed by atoms with Crippen LogP contribution in [0.3, 0.4) is 0 Å². The average molecular weight is 577 g/mol. The Morgan fingerprint density at radius 1 is 1.07 bits per heavy atom. The molecule has 1 aliphatic heterocycles. The zero-order valence-corrected chi connectivity index (χ0v) is 24.3. The third-order valence-corrected chi connectivity index (χ3v) is 8.02. The van der Waals surface area contributed by atoms with Gasteiger partial charge in [-0.3, -0.25) is 9.36 Å². The van der Waals surface area contributed by atoms with E-state index >= 15 is 0 Å². The van der Waals surface area contributed by atoms with E-state index < -0.39 is 12.0 Å². The quantitative estimate of drug-likeness (QED) is 0.262. The van der Waals surface area contributed by atoms with E-state index in [9.17, 15) is 9.59 Å². The lowest BCUT2D eigenvalue weighted by Crippen LogP contribution is -2.40. The highest BCUT2D eigenvalue weighted by molar-refractivity contribution is 7.07. The number of nitrogens with zero attached hydrogens (tertiary/aromatic N) is 2. The second-order valence-corrected chi connectivity index (χ2v) is 10.6. The van der Waals surface area contributed by atoms with Crippen molar-refractivity contribution in [2.45, 2.75) is 32.7 Å². The number of ether oxygens (including phenoxy) is 3. The van der Waals surface area contributed by atoms with Gasteiger partial charge in [0.1, 0.15) is 17.5 Å². The zero-order chi connectivity index (χ0) is 28.4. The number of halogens is 1. The van der Waals surface area contributed by atoms with Crippen LogP contribution in [0.4, 0.5) is 0 Å². The Morgan fingerprint density at radius 2 is 1.82 bits per heavy atom. The van der Waals surface area contributed by atoms with Crippen LogP contribution in [0.15, 0.2) is 75.7 Å². The van der Waals surface area contributed by atoms with Crippen molar-refractivity contribution in [3.8, 4) is 11.5 Å². The lowest BCUT2D eigenvalue weighted by molar-refractivity contribution is -0.139. The normalized spacial score (nSPS) is 15.1. The fourth-order valence-corrected chi connectivity index (χ4v) is 6.25. The van der Waals surface area contributed by atoms with E-state index in [1.54, 1.807) is 43.9 Å². The molecule has 206 valence electrons. The maximum atomic E-state index is 14.2. The van der Waals surface area contributed by atoms with E-state index in [1.807, 2.05) is 49.4 Å². The van der Waals surface area contributed by atoms with Gasteiger partial charge < -0.3 is 14.2 Å². The summed E-state index contributed by atoms with van der Waals surface area (Å²) < 4.78 is 18.8. The number of aromatic nitrogens is 1. The number of carbonyl (C=O) groups excluding carboxylic acids is 1. The van der Waals surface area contributed by atoms with Gasteiger partial charge >= 0.3 is 5.97 Å². The molecule has 0 spiro atoms. The SMILES string of the molecule is CCCC1=C(C(=O)OCC)[C@@H](c2cc(Cl)ccc2OC)n2c(s/c(=C/c3c(OC)ccc4ccccc34)c2=O)=N1. The molecule has 0 saturated carbocycles. The molecule has 40 heavy (non-hydrogen) atoms. The molecule has 0 radical (unpaired) electrons. The number of thiazole rings is 1. The Morgan fingerprint density at radius 3 is 2.55 bits per heavy atom. The first-order valence-electron chi connectivity index (χ1n) is 13.0. The molecule has 5 rings (SSSR count). The summed E-state index contributed by atoms with van der Waals surface area (Å²) in [4.78, 5) is 33.0. The highest BCUT2D eigenvalue weighted by Gasteiger charge is 2.36. The second kappa shape index (κ2) is 11.7. The van der Waals surface area contributed by atoms with E-state index in [4.69, 9.17) is 30.8 Å². The van der Waals surface area contributed by atoms with E-state index in [0.717, 1.165) is 22.8 Å². The largest absolute Gasteiger partial charge is 0.496 e. The molecule has 0 saturated heterocycles. The minimum Gasteiger partial charge on any atom is -0.496 e. The van der Waals surface area contributed by atoms with Crippen LogP contribution >= 0.6 is 22.9 Å². The number of esters is 1. The van der Waals surface area contributed by atoms with Crippen LogP contribution in [0.2, 0.25) is 5.02 Å². The molecule has 7 nitrogen and oxygen atoms in total. The maximum Gasteiger partial charge on any atom is 0.338 e. The summed E-state index contributed by atoms with van der Waals surface area (Å²) in [6.07, 6.45) is 3.13. The van der Waals surface area contributed by atoms with E-state index in [0.29, 0.717) is 49.1 Å². The summed E-state index contributed by atoms with van der Waals surface area (Å²) in [6, 6.07) is 16.2. The Kier molecular flexibility index (Phi) is 8.09. The lowest BCUT2D eigenvalue weighted by Gasteiger charge is -2.27. The summed E-state index contributed by atoms with van der Waals surface area (Å²) in [6.45, 7) is 3.95. The Balaban J connectivity index is 1.85. The second-order valence-electron chi connectivity index (χ2n) is 9.20. The van der Waals surface area contributed by atoms with Gasteiger partial charge in [-0.25, -0.2) is 9.79 Å². The Labute approximate surface area is 240 Å². The van der Waals surface area contributed by atoms with Crippen LogP contribution in [0, 0.1) is 0 Å². The average Bonchev–Trinajstić information content (AvgIpc) is 3.27. The summed E-state index contributed by atoms with van der Waals surface area (Å²) >= 11 is 7.70. The van der Waals surface area contributed by atoms with Crippen molar-refractivity contribution < 1.29 is 19.0 Å². The zero-order valence-electron chi connectivity index (χ0n) is 22.7. The van der Waals surface area contributed by atoms with Crippen molar-refractivity contribution in [3.63, 3.8) is 0 Å². The molecule has 3 aromatic carbocycles. The minimum absolute atomic E-state index is 0.187. The van der Waals surface area contributed by atoms with Gasteiger partial charge in [0.25, 0.3) is 5.56 Å². The molecule has 0 bridgehead atoms. The highest BCUT2D eigenvalue weighted by Crippen LogP contribution is 2.38. The van der Waals surface area contributed by atoms with Gasteiger partial charge in [-0.1, -0.05) is 66.6 Å². The molecule has 0 fully saturated rings. The van der Waals surface area contributed by atoms with Gasteiger partial charge in [0, 0.05) is 16.1 Å². The van der Waals surface area contributed by atoms with E-state index in [2.05, 4.69) is 0 Å². The molecule has 0 aliphatic carbocycles. The van der Waals surface area contributed by atoms with Crippen molar-refractivity contribution in [3.05, 3.63) is 102 Å². The van der Waals surface area contributed by atoms with Crippen LogP contribution in [-0.2, 0) is 9.53 Å². The number of benzene rings is 3. The first kappa shape index (κ1) is 27.7. The van der Waals surface area contributed by atoms with Crippen molar-refractivity contribution in [2.24, 2.45) is 4.99 Å². The van der Waals surface area contributed by atoms with Crippen LogP contribution in [0.5, 0.6) is 11.5 Å². The smallest absolute Gasteiger partial charge is 0.338 e. The van der Waals surface area contributed by atoms with Crippen LogP contribution in [0.25, 0.3) is 16.8 Å². The van der Waals surface area contributed by atoms with Gasteiger partial charge in [0.15, 0.2) is 4.80 Å².